The largest absolute Gasteiger partial charge is 0.511 e. The highest BCUT2D eigenvalue weighted by molar-refractivity contribution is 6.36. The minimum absolute atomic E-state index is 0.0264. The number of carbonyl (C=O) groups is 3. The molecule has 0 radical (unpaired) electrons. The van der Waals surface area contributed by atoms with E-state index in [4.69, 9.17) is 17.3 Å². The first-order chi connectivity index (χ1) is 12.7. The number of Topliss-reactive ketones (excluding diaryl/α,β-unsaturated/α-hetero) is 2. The number of aliphatic hydroxyl groups is 1. The Kier molecular flexibility index (Phi) is 3.68. The van der Waals surface area contributed by atoms with Crippen molar-refractivity contribution >= 4 is 39.8 Å². The van der Waals surface area contributed by atoms with Gasteiger partial charge in [-0.15, -0.1) is 0 Å². The Bertz CT molecular complexity index is 1100. The van der Waals surface area contributed by atoms with E-state index in [1.54, 1.807) is 6.07 Å². The van der Waals surface area contributed by atoms with Crippen LogP contribution in [0.3, 0.4) is 0 Å². The summed E-state index contributed by atoms with van der Waals surface area (Å²) < 4.78 is 0. The minimum atomic E-state index is -1.15. The predicted octanol–water partition coefficient (Wildman–Crippen LogP) is 2.15. The maximum absolute atomic E-state index is 13.1. The number of hydrogen-bond donors (Lipinski definition) is 4. The first-order valence-electron chi connectivity index (χ1n) is 8.18. The molecular weight excluding hydrogens is 374 g/mol. The lowest BCUT2D eigenvalue weighted by Crippen LogP contribution is -2.41. The number of carbonyl (C=O) groups excluding carboxylic acids is 3. The second-order valence-electron chi connectivity index (χ2n) is 6.81. The van der Waals surface area contributed by atoms with Crippen molar-refractivity contribution in [3.05, 3.63) is 45.7 Å². The average Bonchev–Trinajstić information content (AvgIpc) is 2.57. The lowest BCUT2D eigenvalue weighted by Gasteiger charge is -2.35. The van der Waals surface area contributed by atoms with E-state index < -0.39 is 46.4 Å². The molecule has 2 aliphatic rings. The van der Waals surface area contributed by atoms with E-state index in [1.807, 2.05) is 0 Å². The number of hydrogen-bond acceptors (Lipinski definition) is 6. The van der Waals surface area contributed by atoms with Gasteiger partial charge in [0.25, 0.3) is 5.91 Å². The summed E-state index contributed by atoms with van der Waals surface area (Å²) in [5.74, 6) is -5.41. The van der Waals surface area contributed by atoms with Crippen LogP contribution in [0.5, 0.6) is 11.5 Å². The topological polar surface area (TPSA) is 138 Å². The minimum Gasteiger partial charge on any atom is -0.511 e. The van der Waals surface area contributed by atoms with Crippen molar-refractivity contribution in [1.82, 2.24) is 0 Å². The van der Waals surface area contributed by atoms with Crippen LogP contribution in [0.4, 0.5) is 0 Å². The molecule has 0 aromatic heterocycles. The molecule has 27 heavy (non-hydrogen) atoms. The van der Waals surface area contributed by atoms with E-state index in [-0.39, 0.29) is 34.6 Å². The van der Waals surface area contributed by atoms with Gasteiger partial charge in [0, 0.05) is 16.8 Å². The van der Waals surface area contributed by atoms with E-state index >= 15 is 0 Å². The first-order valence-corrected chi connectivity index (χ1v) is 8.56. The molecule has 0 heterocycles. The molecular formula is C19H14ClNO6. The van der Waals surface area contributed by atoms with Crippen molar-refractivity contribution in [2.24, 2.45) is 17.6 Å². The van der Waals surface area contributed by atoms with E-state index in [0.29, 0.717) is 10.9 Å². The number of amides is 1. The van der Waals surface area contributed by atoms with Gasteiger partial charge in [-0.1, -0.05) is 11.6 Å². The van der Waals surface area contributed by atoms with Gasteiger partial charge in [0.15, 0.2) is 11.6 Å². The zero-order chi connectivity index (χ0) is 19.6. The van der Waals surface area contributed by atoms with Crippen LogP contribution in [0.15, 0.2) is 29.5 Å². The third kappa shape index (κ3) is 2.31. The Balaban J connectivity index is 1.98. The van der Waals surface area contributed by atoms with Gasteiger partial charge in [-0.25, -0.2) is 0 Å². The number of halogens is 1. The van der Waals surface area contributed by atoms with Gasteiger partial charge >= 0.3 is 0 Å². The molecule has 138 valence electrons. The number of phenolic OH excluding ortho intramolecular Hbond substituents is 2. The fourth-order valence-corrected chi connectivity index (χ4v) is 4.35. The molecule has 2 aliphatic carbocycles. The average molecular weight is 388 g/mol. The van der Waals surface area contributed by atoms with Crippen LogP contribution in [0.2, 0.25) is 5.02 Å². The molecule has 2 atom stereocenters. The number of ketones is 2. The van der Waals surface area contributed by atoms with E-state index in [0.717, 1.165) is 0 Å². The lowest BCUT2D eigenvalue weighted by atomic mass is 9.67. The van der Waals surface area contributed by atoms with E-state index in [9.17, 15) is 29.7 Å². The molecule has 2 aromatic rings. The molecule has 0 bridgehead atoms. The van der Waals surface area contributed by atoms with Crippen molar-refractivity contribution < 1.29 is 29.7 Å². The number of aliphatic hydroxyl groups excluding tert-OH is 1. The normalized spacial score (nSPS) is 22.0. The Morgan fingerprint density at radius 3 is 2.52 bits per heavy atom. The molecule has 4 rings (SSSR count). The van der Waals surface area contributed by atoms with E-state index in [2.05, 4.69) is 0 Å². The van der Waals surface area contributed by atoms with Crippen LogP contribution in [0.1, 0.15) is 22.3 Å². The highest BCUT2D eigenvalue weighted by Gasteiger charge is 2.47. The molecule has 0 aliphatic heterocycles. The van der Waals surface area contributed by atoms with Crippen molar-refractivity contribution in [1.29, 1.82) is 0 Å². The summed E-state index contributed by atoms with van der Waals surface area (Å²) in [6.07, 6.45) is 0.0911. The van der Waals surface area contributed by atoms with Crippen LogP contribution >= 0.6 is 11.6 Å². The van der Waals surface area contributed by atoms with E-state index in [1.165, 1.54) is 12.1 Å². The second kappa shape index (κ2) is 5.72. The summed E-state index contributed by atoms with van der Waals surface area (Å²) >= 11 is 6.16. The SMILES string of the molecule is NC(=O)C1=C(O)C2C(=O)c3c(cc4c(Cl)ccc(O)c4c3O)CC2CC1=O. The van der Waals surface area contributed by atoms with Crippen LogP contribution in [0, 0.1) is 11.8 Å². The summed E-state index contributed by atoms with van der Waals surface area (Å²) in [5.41, 5.74) is 4.99. The van der Waals surface area contributed by atoms with Crippen molar-refractivity contribution in [3.8, 4) is 11.5 Å². The third-order valence-corrected chi connectivity index (χ3v) is 5.62. The van der Waals surface area contributed by atoms with Gasteiger partial charge < -0.3 is 21.1 Å². The molecule has 2 aromatic carbocycles. The molecule has 2 unspecified atom stereocenters. The Hall–Kier alpha value is -3.06. The number of aromatic hydroxyl groups is 2. The predicted molar refractivity (Wildman–Crippen MR) is 95.8 cm³/mol. The van der Waals surface area contributed by atoms with Gasteiger partial charge in [0.2, 0.25) is 0 Å². The molecule has 0 saturated heterocycles. The Morgan fingerprint density at radius 2 is 1.85 bits per heavy atom. The number of phenols is 2. The fraction of sp³-hybridized carbons (Fsp3) is 0.211. The van der Waals surface area contributed by atoms with Gasteiger partial charge in [0.1, 0.15) is 22.8 Å². The highest BCUT2D eigenvalue weighted by Crippen LogP contribution is 2.47. The van der Waals surface area contributed by atoms with Crippen LogP contribution in [-0.2, 0) is 16.0 Å². The first kappa shape index (κ1) is 17.4. The summed E-state index contributed by atoms with van der Waals surface area (Å²) in [4.78, 5) is 36.7. The second-order valence-corrected chi connectivity index (χ2v) is 7.21. The zero-order valence-corrected chi connectivity index (χ0v) is 14.6. The monoisotopic (exact) mass is 387 g/mol. The van der Waals surface area contributed by atoms with Crippen LogP contribution in [0.25, 0.3) is 10.8 Å². The Labute approximate surface area is 157 Å². The lowest BCUT2D eigenvalue weighted by molar-refractivity contribution is -0.122. The Morgan fingerprint density at radius 1 is 1.15 bits per heavy atom. The van der Waals surface area contributed by atoms with Crippen molar-refractivity contribution in [3.63, 3.8) is 0 Å². The van der Waals surface area contributed by atoms with Gasteiger partial charge in [-0.2, -0.15) is 0 Å². The standard InChI is InChI=1S/C19H14ClNO6/c20-9-1-2-10(22)14-8(9)4-6-3-7-5-11(23)15(19(21)27)18(26)13(7)16(24)12(6)17(14)25/h1-2,4,7,13,22,25-26H,3,5H2,(H2,21,27). The molecule has 0 fully saturated rings. The molecule has 5 N–H and O–H groups in total. The number of benzene rings is 2. The quantitative estimate of drug-likeness (QED) is 0.553. The fourth-order valence-electron chi connectivity index (χ4n) is 4.14. The van der Waals surface area contributed by atoms with Crippen LogP contribution < -0.4 is 5.73 Å². The smallest absolute Gasteiger partial charge is 0.255 e. The van der Waals surface area contributed by atoms with Crippen LogP contribution in [-0.4, -0.2) is 32.8 Å². The van der Waals surface area contributed by atoms with Crippen molar-refractivity contribution in [2.45, 2.75) is 12.8 Å². The number of rotatable bonds is 1. The summed E-state index contributed by atoms with van der Waals surface area (Å²) in [5, 5.41) is 31.9. The molecule has 0 spiro atoms. The van der Waals surface area contributed by atoms with Crippen molar-refractivity contribution in [2.75, 3.05) is 0 Å². The molecule has 1 amide bonds. The maximum Gasteiger partial charge on any atom is 0.255 e. The number of primary amides is 1. The molecule has 7 nitrogen and oxygen atoms in total. The summed E-state index contributed by atoms with van der Waals surface area (Å²) in [7, 11) is 0. The van der Waals surface area contributed by atoms with Gasteiger partial charge in [0.05, 0.1) is 16.9 Å². The third-order valence-electron chi connectivity index (χ3n) is 5.29. The number of fused-ring (bicyclic) bond motifs is 3. The molecule has 0 saturated carbocycles. The summed E-state index contributed by atoms with van der Waals surface area (Å²) in [6.45, 7) is 0. The van der Waals surface area contributed by atoms with Gasteiger partial charge in [-0.05, 0) is 36.1 Å². The van der Waals surface area contributed by atoms with Gasteiger partial charge in [-0.3, -0.25) is 14.4 Å². The number of allylic oxidation sites excluding steroid dienone is 1. The number of nitrogens with two attached hydrogens (primary N) is 1. The molecule has 8 heteroatoms. The highest BCUT2D eigenvalue weighted by atomic mass is 35.5. The summed E-state index contributed by atoms with van der Waals surface area (Å²) in [6, 6.07) is 4.36. The maximum atomic E-state index is 13.1. The zero-order valence-electron chi connectivity index (χ0n) is 13.8.